The number of anilines is 1. The monoisotopic (exact) mass is 459 g/mol. The summed E-state index contributed by atoms with van der Waals surface area (Å²) in [4.78, 5) is 2.36. The lowest BCUT2D eigenvalue weighted by Crippen LogP contribution is -2.29. The molecule has 0 bridgehead atoms. The number of benzene rings is 3. The van der Waals surface area contributed by atoms with Crippen LogP contribution in [0.5, 0.6) is 0 Å². The van der Waals surface area contributed by atoms with Crippen molar-refractivity contribution in [2.45, 2.75) is 56.4 Å². The molecule has 0 atom stereocenters. The molecule has 0 saturated heterocycles. The molecule has 3 heteroatoms. The highest BCUT2D eigenvalue weighted by molar-refractivity contribution is 6.03. The molecule has 0 aromatic heterocycles. The number of rotatable bonds is 6. The predicted molar refractivity (Wildman–Crippen MR) is 151 cm³/mol. The molecule has 4 rings (SSSR count). The molecule has 0 N–H and O–H groups in total. The standard InChI is InChI=1S/C29H35N2O.2CH4/c1-7-30(8-2)22-12-15-25-27(18-22)32-28-19-23(31(9-3)10-4)13-16-26(28)29(25)24-14-11-20(5)17-21(24)6;;/h11-19H,7-10H2,1-6H3;2*1H4/q+1;;. The van der Waals surface area contributed by atoms with E-state index in [-0.39, 0.29) is 14.9 Å². The zero-order valence-corrected chi connectivity index (χ0v) is 20.3. The molecule has 0 saturated carbocycles. The maximum Gasteiger partial charge on any atom is 0.203 e. The van der Waals surface area contributed by atoms with E-state index >= 15 is 0 Å². The Balaban J connectivity index is 0.00000204. The molecule has 1 aliphatic carbocycles. The van der Waals surface area contributed by atoms with Gasteiger partial charge in [-0.2, -0.15) is 0 Å². The van der Waals surface area contributed by atoms with E-state index in [1.54, 1.807) is 0 Å². The molecule has 1 aliphatic heterocycles. The second kappa shape index (κ2) is 11.4. The summed E-state index contributed by atoms with van der Waals surface area (Å²) in [6, 6.07) is 20.1. The maximum absolute atomic E-state index is 6.58. The van der Waals surface area contributed by atoms with Gasteiger partial charge in [0.05, 0.1) is 6.07 Å². The van der Waals surface area contributed by atoms with E-state index in [9.17, 15) is 0 Å². The molecule has 2 aromatic carbocycles. The number of aryl methyl sites for hydroxylation is 2. The van der Waals surface area contributed by atoms with Crippen molar-refractivity contribution in [3.63, 3.8) is 0 Å². The second-order valence-electron chi connectivity index (χ2n) is 8.50. The molecule has 34 heavy (non-hydrogen) atoms. The fourth-order valence-electron chi connectivity index (χ4n) is 4.82. The van der Waals surface area contributed by atoms with Crippen LogP contribution in [0.15, 0.2) is 59.0 Å². The smallest absolute Gasteiger partial charge is 0.203 e. The van der Waals surface area contributed by atoms with Gasteiger partial charge in [-0.15, -0.1) is 0 Å². The molecule has 2 aromatic rings. The third kappa shape index (κ3) is 4.89. The molecule has 0 fully saturated rings. The summed E-state index contributed by atoms with van der Waals surface area (Å²) in [5.74, 6) is 0.938. The molecule has 0 unspecified atom stereocenters. The van der Waals surface area contributed by atoms with Gasteiger partial charge in [0.2, 0.25) is 5.36 Å². The Kier molecular flexibility index (Phi) is 9.09. The summed E-state index contributed by atoms with van der Waals surface area (Å²) in [5.41, 5.74) is 8.41. The third-order valence-corrected chi connectivity index (χ3v) is 6.60. The van der Waals surface area contributed by atoms with Gasteiger partial charge in [-0.1, -0.05) is 38.6 Å². The van der Waals surface area contributed by atoms with Crippen molar-refractivity contribution in [1.29, 1.82) is 0 Å². The average molecular weight is 460 g/mol. The minimum absolute atomic E-state index is 0. The SMILES string of the molecule is C.C.CCN(CC)c1ccc2c(-c3ccc(C)cc3C)c3ccc(=[N+](CC)CC)cc-3oc2c1. The highest BCUT2D eigenvalue weighted by Crippen LogP contribution is 2.42. The van der Waals surface area contributed by atoms with E-state index in [0.29, 0.717) is 0 Å². The normalized spacial score (nSPS) is 10.6. The average Bonchev–Trinajstić information content (AvgIpc) is 2.79. The van der Waals surface area contributed by atoms with E-state index < -0.39 is 0 Å². The Labute approximate surface area is 206 Å². The number of nitrogens with zero attached hydrogens (tertiary/aromatic N) is 2. The summed E-state index contributed by atoms with van der Waals surface area (Å²) in [7, 11) is 0. The van der Waals surface area contributed by atoms with E-state index in [4.69, 9.17) is 4.42 Å². The first-order chi connectivity index (χ1) is 15.5. The largest absolute Gasteiger partial charge is 0.456 e. The summed E-state index contributed by atoms with van der Waals surface area (Å²) in [6.07, 6.45) is 0. The lowest BCUT2D eigenvalue weighted by Gasteiger charge is -2.22. The molecule has 2 aliphatic rings. The van der Waals surface area contributed by atoms with E-state index in [0.717, 1.165) is 48.5 Å². The molecular weight excluding hydrogens is 416 g/mol. The summed E-state index contributed by atoms with van der Waals surface area (Å²) in [6.45, 7) is 17.1. The van der Waals surface area contributed by atoms with Gasteiger partial charge in [0.15, 0.2) is 0 Å². The number of hydrogen-bond donors (Lipinski definition) is 0. The van der Waals surface area contributed by atoms with Crippen LogP contribution < -0.4 is 14.8 Å². The molecule has 0 spiro atoms. The Hall–Kier alpha value is -3.07. The minimum atomic E-state index is 0. The third-order valence-electron chi connectivity index (χ3n) is 6.60. The molecule has 3 nitrogen and oxygen atoms in total. The highest BCUT2D eigenvalue weighted by Gasteiger charge is 2.20. The zero-order valence-electron chi connectivity index (χ0n) is 20.3. The van der Waals surface area contributed by atoms with Crippen molar-refractivity contribution in [3.05, 3.63) is 71.1 Å². The van der Waals surface area contributed by atoms with Crippen LogP contribution in [0.2, 0.25) is 0 Å². The van der Waals surface area contributed by atoms with Crippen molar-refractivity contribution in [2.75, 3.05) is 31.1 Å². The van der Waals surface area contributed by atoms with Gasteiger partial charge in [-0.05, 0) is 70.9 Å². The molecule has 1 heterocycles. The fourth-order valence-corrected chi connectivity index (χ4v) is 4.82. The van der Waals surface area contributed by atoms with Crippen LogP contribution >= 0.6 is 0 Å². The van der Waals surface area contributed by atoms with E-state index in [2.05, 4.69) is 106 Å². The Morgan fingerprint density at radius 1 is 0.765 bits per heavy atom. The van der Waals surface area contributed by atoms with Gasteiger partial charge >= 0.3 is 0 Å². The molecular formula is C31H43N2O+. The van der Waals surface area contributed by atoms with Gasteiger partial charge in [0.25, 0.3) is 0 Å². The highest BCUT2D eigenvalue weighted by atomic mass is 16.3. The van der Waals surface area contributed by atoms with Crippen LogP contribution in [0.25, 0.3) is 33.4 Å². The van der Waals surface area contributed by atoms with Crippen LogP contribution in [-0.4, -0.2) is 26.2 Å². The summed E-state index contributed by atoms with van der Waals surface area (Å²) >= 11 is 0. The zero-order chi connectivity index (χ0) is 22.8. The number of hydrogen-bond acceptors (Lipinski definition) is 2. The van der Waals surface area contributed by atoms with Crippen molar-refractivity contribution in [1.82, 2.24) is 4.58 Å². The first-order valence-corrected chi connectivity index (χ1v) is 11.9. The Bertz CT molecular complexity index is 1290. The Morgan fingerprint density at radius 3 is 2.06 bits per heavy atom. The predicted octanol–water partition coefficient (Wildman–Crippen LogP) is 7.75. The molecule has 0 amide bonds. The minimum Gasteiger partial charge on any atom is -0.456 e. The lowest BCUT2D eigenvalue weighted by molar-refractivity contribution is 0.604. The summed E-state index contributed by atoms with van der Waals surface area (Å²) in [5, 5.41) is 2.37. The van der Waals surface area contributed by atoms with Crippen molar-refractivity contribution >= 4 is 16.7 Å². The topological polar surface area (TPSA) is 19.4 Å². The first-order valence-electron chi connectivity index (χ1n) is 11.9. The fraction of sp³-hybridized carbons (Fsp3) is 0.387. The second-order valence-corrected chi connectivity index (χ2v) is 8.50. The van der Waals surface area contributed by atoms with Crippen LogP contribution in [0.4, 0.5) is 5.69 Å². The van der Waals surface area contributed by atoms with Crippen molar-refractivity contribution < 1.29 is 4.42 Å². The molecule has 0 radical (unpaired) electrons. The molecule has 182 valence electrons. The van der Waals surface area contributed by atoms with E-state index in [1.165, 1.54) is 33.3 Å². The van der Waals surface area contributed by atoms with Gasteiger partial charge < -0.3 is 9.32 Å². The van der Waals surface area contributed by atoms with Gasteiger partial charge in [-0.25, -0.2) is 4.58 Å². The maximum atomic E-state index is 6.58. The van der Waals surface area contributed by atoms with Crippen molar-refractivity contribution in [3.8, 4) is 22.5 Å². The van der Waals surface area contributed by atoms with Crippen LogP contribution in [0.1, 0.15) is 53.7 Å². The Morgan fingerprint density at radius 2 is 1.44 bits per heavy atom. The summed E-state index contributed by atoms with van der Waals surface area (Å²) < 4.78 is 8.94. The van der Waals surface area contributed by atoms with Gasteiger partial charge in [0, 0.05) is 47.4 Å². The van der Waals surface area contributed by atoms with Gasteiger partial charge in [0.1, 0.15) is 24.4 Å². The number of fused-ring (bicyclic) bond motifs is 2. The van der Waals surface area contributed by atoms with E-state index in [1.807, 2.05) is 0 Å². The van der Waals surface area contributed by atoms with Gasteiger partial charge in [-0.3, -0.25) is 0 Å². The lowest BCUT2D eigenvalue weighted by atomic mass is 9.90. The van der Waals surface area contributed by atoms with Crippen LogP contribution in [0.3, 0.4) is 0 Å². The van der Waals surface area contributed by atoms with Crippen LogP contribution in [0, 0.1) is 13.8 Å². The van der Waals surface area contributed by atoms with Crippen LogP contribution in [-0.2, 0) is 0 Å². The van der Waals surface area contributed by atoms with Crippen molar-refractivity contribution in [2.24, 2.45) is 0 Å². The first kappa shape index (κ1) is 27.2. The quantitative estimate of drug-likeness (QED) is 0.217.